The second-order valence-electron chi connectivity index (χ2n) is 6.48. The lowest BCUT2D eigenvalue weighted by Gasteiger charge is -2.16. The first-order valence-electron chi connectivity index (χ1n) is 7.77. The van der Waals surface area contributed by atoms with Crippen molar-refractivity contribution in [2.24, 2.45) is 5.41 Å². The highest BCUT2D eigenvalue weighted by Crippen LogP contribution is 2.15. The topological polar surface area (TPSA) is 85.6 Å². The van der Waals surface area contributed by atoms with E-state index >= 15 is 0 Å². The van der Waals surface area contributed by atoms with Crippen LogP contribution in [0.1, 0.15) is 37.6 Å². The molecule has 2 aromatic rings. The normalized spacial score (nSPS) is 11.3. The second kappa shape index (κ2) is 7.29. The van der Waals surface area contributed by atoms with Crippen LogP contribution in [0.5, 0.6) is 0 Å². The van der Waals surface area contributed by atoms with Crippen molar-refractivity contribution in [1.82, 2.24) is 5.32 Å². The number of rotatable bonds is 5. The van der Waals surface area contributed by atoms with Crippen LogP contribution in [-0.2, 0) is 9.53 Å². The lowest BCUT2D eigenvalue weighted by Crippen LogP contribution is -2.30. The minimum absolute atomic E-state index is 0.0413. The van der Waals surface area contributed by atoms with Crippen LogP contribution >= 0.6 is 0 Å². The van der Waals surface area contributed by atoms with Crippen LogP contribution in [-0.4, -0.2) is 25.0 Å². The van der Waals surface area contributed by atoms with Crippen LogP contribution in [0.4, 0.5) is 0 Å². The van der Waals surface area contributed by atoms with Gasteiger partial charge in [0.05, 0.1) is 12.0 Å². The van der Waals surface area contributed by atoms with Crippen molar-refractivity contribution in [2.75, 3.05) is 13.2 Å². The standard InChI is InChI=1S/C18H21NO5/c1-18(2,3)17(22)23-10-6-9-19-15(20)13-11-12-7-4-5-8-14(12)24-16(13)21/h4-5,7-8,11H,6,9-10H2,1-3H3,(H,19,20). The van der Waals surface area contributed by atoms with Crippen LogP contribution in [0.15, 0.2) is 39.5 Å². The largest absolute Gasteiger partial charge is 0.465 e. The van der Waals surface area contributed by atoms with E-state index in [-0.39, 0.29) is 18.1 Å². The molecule has 6 nitrogen and oxygen atoms in total. The van der Waals surface area contributed by atoms with Crippen molar-refractivity contribution >= 4 is 22.8 Å². The van der Waals surface area contributed by atoms with Gasteiger partial charge < -0.3 is 14.5 Å². The van der Waals surface area contributed by atoms with E-state index in [0.717, 1.165) is 0 Å². The summed E-state index contributed by atoms with van der Waals surface area (Å²) in [5.74, 6) is -0.791. The zero-order valence-corrected chi connectivity index (χ0v) is 14.0. The number of esters is 1. The molecule has 0 fully saturated rings. The molecule has 0 saturated carbocycles. The fourth-order valence-corrected chi connectivity index (χ4v) is 1.97. The number of hydrogen-bond acceptors (Lipinski definition) is 5. The molecule has 0 saturated heterocycles. The van der Waals surface area contributed by atoms with Gasteiger partial charge in [0.25, 0.3) is 5.91 Å². The highest BCUT2D eigenvalue weighted by atomic mass is 16.5. The van der Waals surface area contributed by atoms with Gasteiger partial charge >= 0.3 is 11.6 Å². The van der Waals surface area contributed by atoms with Gasteiger partial charge in [0.2, 0.25) is 0 Å². The number of carbonyl (C=O) groups excluding carboxylic acids is 2. The van der Waals surface area contributed by atoms with Crippen molar-refractivity contribution < 1.29 is 18.7 Å². The van der Waals surface area contributed by atoms with Crippen LogP contribution in [0, 0.1) is 5.41 Å². The maximum atomic E-state index is 12.1. The number of nitrogens with one attached hydrogen (secondary N) is 1. The van der Waals surface area contributed by atoms with E-state index in [0.29, 0.717) is 23.9 Å². The predicted octanol–water partition coefficient (Wildman–Crippen LogP) is 2.50. The number of para-hydroxylation sites is 1. The molecular formula is C18H21NO5. The third-order valence-corrected chi connectivity index (χ3v) is 3.34. The average molecular weight is 331 g/mol. The molecule has 0 bridgehead atoms. The average Bonchev–Trinajstić information content (AvgIpc) is 2.52. The Bertz CT molecular complexity index is 801. The Kier molecular flexibility index (Phi) is 5.39. The summed E-state index contributed by atoms with van der Waals surface area (Å²) < 4.78 is 10.2. The summed E-state index contributed by atoms with van der Waals surface area (Å²) in [7, 11) is 0. The molecule has 0 aliphatic heterocycles. The van der Waals surface area contributed by atoms with Crippen LogP contribution in [0.3, 0.4) is 0 Å². The second-order valence-corrected chi connectivity index (χ2v) is 6.48. The molecule has 0 unspecified atom stereocenters. The van der Waals surface area contributed by atoms with Gasteiger partial charge in [-0.25, -0.2) is 4.79 Å². The lowest BCUT2D eigenvalue weighted by atomic mass is 9.97. The number of benzene rings is 1. The molecule has 0 aliphatic carbocycles. The molecule has 24 heavy (non-hydrogen) atoms. The molecule has 2 rings (SSSR count). The monoisotopic (exact) mass is 331 g/mol. The third kappa shape index (κ3) is 4.44. The van der Waals surface area contributed by atoms with Gasteiger partial charge in [-0.3, -0.25) is 9.59 Å². The summed E-state index contributed by atoms with van der Waals surface area (Å²) in [6.45, 7) is 5.83. The number of hydrogen-bond donors (Lipinski definition) is 1. The predicted molar refractivity (Wildman–Crippen MR) is 89.8 cm³/mol. The van der Waals surface area contributed by atoms with E-state index in [2.05, 4.69) is 5.32 Å². The van der Waals surface area contributed by atoms with E-state index in [1.54, 1.807) is 45.0 Å². The van der Waals surface area contributed by atoms with E-state index in [1.807, 2.05) is 0 Å². The minimum atomic E-state index is -0.676. The molecule has 6 heteroatoms. The molecule has 1 amide bonds. The summed E-state index contributed by atoms with van der Waals surface area (Å²) in [4.78, 5) is 35.5. The molecule has 1 aromatic heterocycles. The Morgan fingerprint density at radius 3 is 2.62 bits per heavy atom. The molecule has 0 atom stereocenters. The molecular weight excluding hydrogens is 310 g/mol. The molecule has 1 N–H and O–H groups in total. The summed E-state index contributed by atoms with van der Waals surface area (Å²) >= 11 is 0. The van der Waals surface area contributed by atoms with Gasteiger partial charge in [-0.2, -0.15) is 0 Å². The van der Waals surface area contributed by atoms with Gasteiger partial charge in [-0.1, -0.05) is 18.2 Å². The zero-order valence-electron chi connectivity index (χ0n) is 14.0. The van der Waals surface area contributed by atoms with E-state index in [9.17, 15) is 14.4 Å². The number of amides is 1. The first-order chi connectivity index (χ1) is 11.3. The van der Waals surface area contributed by atoms with Crippen LogP contribution in [0.2, 0.25) is 0 Å². The van der Waals surface area contributed by atoms with Crippen LogP contribution in [0.25, 0.3) is 11.0 Å². The Balaban J connectivity index is 1.88. The summed E-state index contributed by atoms with van der Waals surface area (Å²) in [6.07, 6.45) is 0.465. The van der Waals surface area contributed by atoms with E-state index in [4.69, 9.17) is 9.15 Å². The third-order valence-electron chi connectivity index (χ3n) is 3.34. The summed E-state index contributed by atoms with van der Waals surface area (Å²) in [6, 6.07) is 8.50. The Morgan fingerprint density at radius 2 is 1.92 bits per heavy atom. The summed E-state index contributed by atoms with van der Waals surface area (Å²) in [5.41, 5.74) is -0.827. The van der Waals surface area contributed by atoms with E-state index < -0.39 is 16.9 Å². The van der Waals surface area contributed by atoms with Gasteiger partial charge in [0.15, 0.2) is 0 Å². The number of ether oxygens (including phenoxy) is 1. The Labute approximate surface area is 139 Å². The number of fused-ring (bicyclic) bond motifs is 1. The molecule has 128 valence electrons. The first-order valence-corrected chi connectivity index (χ1v) is 7.77. The molecule has 0 spiro atoms. The zero-order chi connectivity index (χ0) is 17.7. The SMILES string of the molecule is CC(C)(C)C(=O)OCCCNC(=O)c1cc2ccccc2oc1=O. The Hall–Kier alpha value is -2.63. The van der Waals surface area contributed by atoms with Crippen molar-refractivity contribution in [3.63, 3.8) is 0 Å². The summed E-state index contributed by atoms with van der Waals surface area (Å²) in [5, 5.41) is 3.31. The van der Waals surface area contributed by atoms with Crippen molar-refractivity contribution in [3.05, 3.63) is 46.3 Å². The van der Waals surface area contributed by atoms with Crippen LogP contribution < -0.4 is 10.9 Å². The Morgan fingerprint density at radius 1 is 1.21 bits per heavy atom. The van der Waals surface area contributed by atoms with Gasteiger partial charge in [0.1, 0.15) is 11.1 Å². The van der Waals surface area contributed by atoms with Gasteiger partial charge in [-0.15, -0.1) is 0 Å². The molecule has 0 radical (unpaired) electrons. The van der Waals surface area contributed by atoms with Gasteiger partial charge in [0, 0.05) is 11.9 Å². The maximum Gasteiger partial charge on any atom is 0.349 e. The maximum absolute atomic E-state index is 12.1. The van der Waals surface area contributed by atoms with E-state index in [1.165, 1.54) is 6.07 Å². The fourth-order valence-electron chi connectivity index (χ4n) is 1.97. The quantitative estimate of drug-likeness (QED) is 0.517. The molecule has 1 aromatic carbocycles. The molecule has 1 heterocycles. The van der Waals surface area contributed by atoms with Crippen molar-refractivity contribution in [3.8, 4) is 0 Å². The highest BCUT2D eigenvalue weighted by Gasteiger charge is 2.22. The lowest BCUT2D eigenvalue weighted by molar-refractivity contribution is -0.152. The molecule has 0 aliphatic rings. The number of carbonyl (C=O) groups is 2. The smallest absolute Gasteiger partial charge is 0.349 e. The highest BCUT2D eigenvalue weighted by molar-refractivity contribution is 5.96. The van der Waals surface area contributed by atoms with Crippen molar-refractivity contribution in [1.29, 1.82) is 0 Å². The van der Waals surface area contributed by atoms with Crippen molar-refractivity contribution in [2.45, 2.75) is 27.2 Å². The fraction of sp³-hybridized carbons (Fsp3) is 0.389. The van der Waals surface area contributed by atoms with Gasteiger partial charge in [-0.05, 0) is 39.3 Å². The first kappa shape index (κ1) is 17.7. The minimum Gasteiger partial charge on any atom is -0.465 e.